The molecule has 0 aliphatic rings. The molecule has 5 heteroatoms. The normalized spacial score (nSPS) is 11.4. The summed E-state index contributed by atoms with van der Waals surface area (Å²) in [4.78, 5) is 6.49. The van der Waals surface area contributed by atoms with Crippen LogP contribution in [-0.2, 0) is 0 Å². The molecule has 1 heterocycles. The molecule has 0 unspecified atom stereocenters. The maximum absolute atomic E-state index is 2.39. The number of thiophene rings is 1. The van der Waals surface area contributed by atoms with E-state index in [1.165, 1.54) is 51.8 Å². The van der Waals surface area contributed by atoms with Gasteiger partial charge < -0.3 is 0 Å². The summed E-state index contributed by atoms with van der Waals surface area (Å²) in [6, 6.07) is 42.5. The van der Waals surface area contributed by atoms with E-state index in [0.29, 0.717) is 0 Å². The Hall–Kier alpha value is -1.52. The summed E-state index contributed by atoms with van der Waals surface area (Å²) in [6.45, 7) is 0. The molecule has 0 saturated heterocycles. The molecule has 5 aromatic carbocycles. The van der Waals surface area contributed by atoms with E-state index in [1.807, 2.05) is 23.5 Å². The van der Waals surface area contributed by atoms with Crippen molar-refractivity contribution in [1.29, 1.82) is 0 Å². The highest BCUT2D eigenvalue weighted by atomic mass is 127. The third-order valence-corrected chi connectivity index (χ3v) is 11.5. The molecule has 0 N–H and O–H groups in total. The van der Waals surface area contributed by atoms with Crippen molar-refractivity contribution in [2.24, 2.45) is 0 Å². The van der Waals surface area contributed by atoms with E-state index < -0.39 is 0 Å². The maximum Gasteiger partial charge on any atom is 0.187 e. The van der Waals surface area contributed by atoms with Crippen LogP contribution in [0.5, 0.6) is 0 Å². The first kappa shape index (κ1) is 23.9. The number of hydrogen-bond donors (Lipinski definition) is 0. The number of hydrogen-bond acceptors (Lipinski definition) is 2. The van der Waals surface area contributed by atoms with Crippen LogP contribution in [0, 0.1) is 7.14 Å². The smallest absolute Gasteiger partial charge is 0.0901 e. The summed E-state index contributed by atoms with van der Waals surface area (Å²) < 4.78 is 5.38. The van der Waals surface area contributed by atoms with E-state index in [0.717, 1.165) is 0 Å². The first-order valence-corrected chi connectivity index (χ1v) is 16.1. The van der Waals surface area contributed by atoms with Crippen LogP contribution in [0.15, 0.2) is 135 Å². The molecule has 0 nitrogen and oxygen atoms in total. The minimum Gasteiger partial charge on any atom is -0.0901 e. The van der Waals surface area contributed by atoms with Crippen LogP contribution in [-0.4, -0.2) is 0 Å². The second-order valence-electron chi connectivity index (χ2n) is 8.05. The molecular weight excluding hydrogens is 710 g/mol. The average Bonchev–Trinajstić information content (AvgIpc) is 3.20. The summed E-state index contributed by atoms with van der Waals surface area (Å²) in [5, 5.41) is 2.74. The standard InChI is InChI=1S/C30H19I2S3/c31-20-6-10-22(11-7-20)33-24-14-16-29-27(18-24)28-19-25(34-23-12-8-21(32)9-13-23)15-17-30(28)35(29)26-4-2-1-3-5-26/h1-19H/q+1. The zero-order valence-corrected chi connectivity index (χ0v) is 25.2. The third-order valence-electron chi connectivity index (χ3n) is 5.71. The molecule has 0 aliphatic heterocycles. The van der Waals surface area contributed by atoms with Crippen LogP contribution in [0.4, 0.5) is 0 Å². The summed E-state index contributed by atoms with van der Waals surface area (Å²) in [6.07, 6.45) is 0. The van der Waals surface area contributed by atoms with Gasteiger partial charge in [0.1, 0.15) is 0 Å². The summed E-state index contributed by atoms with van der Waals surface area (Å²) in [5.74, 6) is 0. The number of halogens is 2. The average molecular weight is 729 g/mol. The van der Waals surface area contributed by atoms with Crippen molar-refractivity contribution >= 4 is 99.3 Å². The highest BCUT2D eigenvalue weighted by Crippen LogP contribution is 2.50. The molecule has 0 aliphatic carbocycles. The topological polar surface area (TPSA) is 0 Å². The Bertz CT molecular complexity index is 1530. The minimum absolute atomic E-state index is 0.0767. The van der Waals surface area contributed by atoms with Crippen LogP contribution < -0.4 is 0 Å². The van der Waals surface area contributed by atoms with Crippen molar-refractivity contribution in [3.63, 3.8) is 0 Å². The summed E-state index contributed by atoms with van der Waals surface area (Å²) >= 11 is 8.39. The van der Waals surface area contributed by atoms with Gasteiger partial charge in [0.2, 0.25) is 0 Å². The third kappa shape index (κ3) is 5.16. The highest BCUT2D eigenvalue weighted by Gasteiger charge is 2.24. The second-order valence-corrected chi connectivity index (χ2v) is 14.8. The molecule has 35 heavy (non-hydrogen) atoms. The molecule has 170 valence electrons. The Morgan fingerprint density at radius 1 is 0.457 bits per heavy atom. The molecule has 0 radical (unpaired) electrons. The van der Waals surface area contributed by atoms with Gasteiger partial charge in [-0.15, -0.1) is 0 Å². The largest absolute Gasteiger partial charge is 0.187 e. The quantitative estimate of drug-likeness (QED) is 0.128. The Morgan fingerprint density at radius 3 is 1.34 bits per heavy atom. The Labute approximate surface area is 243 Å². The van der Waals surface area contributed by atoms with E-state index in [9.17, 15) is 0 Å². The van der Waals surface area contributed by atoms with Gasteiger partial charge in [-0.3, -0.25) is 0 Å². The zero-order chi connectivity index (χ0) is 23.8. The minimum atomic E-state index is -0.0767. The van der Waals surface area contributed by atoms with E-state index in [-0.39, 0.29) is 10.5 Å². The first-order valence-electron chi connectivity index (χ1n) is 11.1. The van der Waals surface area contributed by atoms with Crippen LogP contribution >= 0.6 is 79.2 Å². The van der Waals surface area contributed by atoms with Crippen molar-refractivity contribution in [3.05, 3.63) is 122 Å². The van der Waals surface area contributed by atoms with E-state index in [1.54, 1.807) is 0 Å². The monoisotopic (exact) mass is 729 g/mol. The predicted octanol–water partition coefficient (Wildman–Crippen LogP) is 11.2. The van der Waals surface area contributed by atoms with Crippen molar-refractivity contribution < 1.29 is 0 Å². The SMILES string of the molecule is Ic1ccc(Sc2ccc3c(c2)c2cc(Sc4ccc(I)cc4)ccc2[s+]3-c2ccccc2)cc1. The van der Waals surface area contributed by atoms with Gasteiger partial charge in [-0.05, 0) is 130 Å². The van der Waals surface area contributed by atoms with Gasteiger partial charge in [-0.2, -0.15) is 0 Å². The van der Waals surface area contributed by atoms with Crippen LogP contribution in [0.2, 0.25) is 0 Å². The molecule has 0 fully saturated rings. The molecule has 0 atom stereocenters. The van der Waals surface area contributed by atoms with Gasteiger partial charge in [0, 0.05) is 60.1 Å². The molecule has 0 amide bonds. The van der Waals surface area contributed by atoms with Crippen molar-refractivity contribution in [2.45, 2.75) is 19.6 Å². The van der Waals surface area contributed by atoms with Gasteiger partial charge in [0.05, 0.1) is 0 Å². The lowest BCUT2D eigenvalue weighted by molar-refractivity contribution is 1.41. The van der Waals surface area contributed by atoms with Crippen molar-refractivity contribution in [2.75, 3.05) is 0 Å². The molecule has 6 rings (SSSR count). The van der Waals surface area contributed by atoms with Crippen LogP contribution in [0.3, 0.4) is 0 Å². The van der Waals surface area contributed by atoms with Gasteiger partial charge in [-0.1, -0.05) is 41.7 Å². The maximum atomic E-state index is 2.39. The lowest BCUT2D eigenvalue weighted by Gasteiger charge is -2.03. The number of benzene rings is 5. The molecule has 6 aromatic rings. The number of fused-ring (bicyclic) bond motifs is 3. The van der Waals surface area contributed by atoms with Gasteiger partial charge in [-0.25, -0.2) is 0 Å². The zero-order valence-electron chi connectivity index (χ0n) is 18.5. The predicted molar refractivity (Wildman–Crippen MR) is 172 cm³/mol. The lowest BCUT2D eigenvalue weighted by Crippen LogP contribution is -1.77. The summed E-state index contributed by atoms with van der Waals surface area (Å²) in [5.41, 5.74) is 0. The van der Waals surface area contributed by atoms with Gasteiger partial charge in [0.15, 0.2) is 14.3 Å². The van der Waals surface area contributed by atoms with E-state index in [2.05, 4.69) is 160 Å². The highest BCUT2D eigenvalue weighted by molar-refractivity contribution is 14.1. The van der Waals surface area contributed by atoms with Gasteiger partial charge >= 0.3 is 0 Å². The van der Waals surface area contributed by atoms with Gasteiger partial charge in [0.25, 0.3) is 0 Å². The number of rotatable bonds is 5. The van der Waals surface area contributed by atoms with Crippen LogP contribution in [0.25, 0.3) is 25.1 Å². The Kier molecular flexibility index (Phi) is 7.13. The van der Waals surface area contributed by atoms with Crippen LogP contribution in [0.1, 0.15) is 0 Å². The second kappa shape index (κ2) is 10.5. The molecule has 0 bridgehead atoms. The lowest BCUT2D eigenvalue weighted by atomic mass is 10.1. The molecule has 0 saturated carbocycles. The molecular formula is C30H19I2S3+. The fourth-order valence-corrected chi connectivity index (χ4v) is 8.92. The fourth-order valence-electron chi connectivity index (χ4n) is 4.13. The first-order chi connectivity index (χ1) is 17.1. The van der Waals surface area contributed by atoms with Crippen molar-refractivity contribution in [3.8, 4) is 4.90 Å². The fraction of sp³-hybridized carbons (Fsp3) is 0. The van der Waals surface area contributed by atoms with E-state index >= 15 is 0 Å². The summed E-state index contributed by atoms with van der Waals surface area (Å²) in [7, 11) is -0.0767. The Morgan fingerprint density at radius 2 is 0.886 bits per heavy atom. The van der Waals surface area contributed by atoms with Crippen molar-refractivity contribution in [1.82, 2.24) is 0 Å². The Balaban J connectivity index is 1.49. The van der Waals surface area contributed by atoms with E-state index in [4.69, 9.17) is 0 Å². The molecule has 0 spiro atoms. The molecule has 1 aromatic heterocycles.